The fourth-order valence-electron chi connectivity index (χ4n) is 1.62. The maximum absolute atomic E-state index is 2.47. The fourth-order valence-corrected chi connectivity index (χ4v) is 1.62. The van der Waals surface area contributed by atoms with Gasteiger partial charge < -0.3 is 0 Å². The Labute approximate surface area is 65.0 Å². The molecule has 1 fully saturated rings. The van der Waals surface area contributed by atoms with Crippen LogP contribution in [0.1, 0.15) is 40.0 Å². The predicted octanol–water partition coefficient (Wildman–Crippen LogP) is 3.24. The van der Waals surface area contributed by atoms with Gasteiger partial charge in [0.2, 0.25) is 0 Å². The molecule has 2 atom stereocenters. The van der Waals surface area contributed by atoms with Gasteiger partial charge in [-0.15, -0.1) is 0 Å². The number of hydrogen-bond acceptors (Lipinski definition) is 0. The summed E-state index contributed by atoms with van der Waals surface area (Å²) in [6, 6.07) is 0. The second-order valence-electron chi connectivity index (χ2n) is 3.80. The van der Waals surface area contributed by atoms with Crippen LogP contribution in [0.3, 0.4) is 0 Å². The van der Waals surface area contributed by atoms with Crippen molar-refractivity contribution in [3.63, 3.8) is 0 Å². The first kappa shape index (κ1) is 8.10. The molecular formula is C10H18. The molecule has 0 amide bonds. The molecule has 0 saturated heterocycles. The van der Waals surface area contributed by atoms with Crippen LogP contribution in [0.15, 0.2) is 0 Å². The van der Waals surface area contributed by atoms with Crippen molar-refractivity contribution in [2.45, 2.75) is 40.0 Å². The van der Waals surface area contributed by atoms with E-state index in [1.807, 2.05) is 0 Å². The van der Waals surface area contributed by atoms with Crippen molar-refractivity contribution in [2.75, 3.05) is 0 Å². The van der Waals surface area contributed by atoms with Crippen LogP contribution in [0.25, 0.3) is 0 Å². The third-order valence-electron chi connectivity index (χ3n) is 2.61. The molecule has 0 heteroatoms. The molecule has 1 rings (SSSR count). The van der Waals surface area contributed by atoms with E-state index in [0.717, 1.165) is 11.8 Å². The molecule has 10 heavy (non-hydrogen) atoms. The van der Waals surface area contributed by atoms with E-state index in [4.69, 9.17) is 0 Å². The van der Waals surface area contributed by atoms with Crippen LogP contribution >= 0.6 is 0 Å². The molecule has 2 radical (unpaired) electrons. The third-order valence-corrected chi connectivity index (χ3v) is 2.61. The average molecular weight is 138 g/mol. The van der Waals surface area contributed by atoms with E-state index in [2.05, 4.69) is 27.2 Å². The summed E-state index contributed by atoms with van der Waals surface area (Å²) >= 11 is 0. The zero-order chi connectivity index (χ0) is 7.56. The highest BCUT2D eigenvalue weighted by Crippen LogP contribution is 2.32. The lowest BCUT2D eigenvalue weighted by atomic mass is 9.78. The molecule has 0 aliphatic heterocycles. The van der Waals surface area contributed by atoms with Gasteiger partial charge in [-0.25, -0.2) is 0 Å². The SMILES string of the molecule is C[C](C)C1C[CH]C(C)CC1. The van der Waals surface area contributed by atoms with E-state index < -0.39 is 0 Å². The summed E-state index contributed by atoms with van der Waals surface area (Å²) in [6.45, 7) is 6.84. The standard InChI is InChI=1S/C10H18/c1-8(2)10-6-4-9(3)5-7-10/h4,9-10H,5-7H2,1-3H3. The summed E-state index contributed by atoms with van der Waals surface area (Å²) in [6.07, 6.45) is 6.61. The van der Waals surface area contributed by atoms with Crippen molar-refractivity contribution < 1.29 is 0 Å². The van der Waals surface area contributed by atoms with Crippen molar-refractivity contribution in [3.8, 4) is 0 Å². The molecule has 58 valence electrons. The first-order chi connectivity index (χ1) is 4.70. The third kappa shape index (κ3) is 2.00. The second-order valence-corrected chi connectivity index (χ2v) is 3.80. The first-order valence-electron chi connectivity index (χ1n) is 4.33. The van der Waals surface area contributed by atoms with E-state index >= 15 is 0 Å². The van der Waals surface area contributed by atoms with Gasteiger partial charge in [0.25, 0.3) is 0 Å². The van der Waals surface area contributed by atoms with Gasteiger partial charge in [-0.3, -0.25) is 0 Å². The summed E-state index contributed by atoms with van der Waals surface area (Å²) in [7, 11) is 0. The molecule has 0 spiro atoms. The minimum absolute atomic E-state index is 0.871. The number of rotatable bonds is 1. The summed E-state index contributed by atoms with van der Waals surface area (Å²) in [5.41, 5.74) is 0. The number of hydrogen-bond donors (Lipinski definition) is 0. The van der Waals surface area contributed by atoms with Gasteiger partial charge in [-0.05, 0) is 37.0 Å². The van der Waals surface area contributed by atoms with E-state index in [1.165, 1.54) is 19.3 Å². The lowest BCUT2D eigenvalue weighted by molar-refractivity contribution is 0.369. The lowest BCUT2D eigenvalue weighted by Gasteiger charge is -2.28. The maximum atomic E-state index is 2.47. The highest BCUT2D eigenvalue weighted by molar-refractivity contribution is 4.95. The molecule has 2 unspecified atom stereocenters. The van der Waals surface area contributed by atoms with Crippen LogP contribution in [0.2, 0.25) is 0 Å². The zero-order valence-corrected chi connectivity index (χ0v) is 7.35. The highest BCUT2D eigenvalue weighted by Gasteiger charge is 2.20. The smallest absolute Gasteiger partial charge is 0.0272 e. The van der Waals surface area contributed by atoms with Crippen molar-refractivity contribution in [1.82, 2.24) is 0 Å². The van der Waals surface area contributed by atoms with Crippen molar-refractivity contribution in [2.24, 2.45) is 11.8 Å². The zero-order valence-electron chi connectivity index (χ0n) is 7.35. The molecule has 0 bridgehead atoms. The summed E-state index contributed by atoms with van der Waals surface area (Å²) in [5, 5.41) is 0. The van der Waals surface area contributed by atoms with Gasteiger partial charge in [0.1, 0.15) is 0 Å². The molecule has 0 aromatic carbocycles. The molecule has 1 aliphatic rings. The molecule has 1 saturated carbocycles. The van der Waals surface area contributed by atoms with Crippen LogP contribution < -0.4 is 0 Å². The Morgan fingerprint density at radius 1 is 1.30 bits per heavy atom. The Morgan fingerprint density at radius 2 is 2.00 bits per heavy atom. The summed E-state index contributed by atoms with van der Waals surface area (Å²) < 4.78 is 0. The van der Waals surface area contributed by atoms with Crippen molar-refractivity contribution in [1.29, 1.82) is 0 Å². The van der Waals surface area contributed by atoms with Gasteiger partial charge in [-0.1, -0.05) is 27.2 Å². The van der Waals surface area contributed by atoms with E-state index in [-0.39, 0.29) is 0 Å². The molecule has 0 aromatic rings. The largest absolute Gasteiger partial charge is 0.0622 e. The van der Waals surface area contributed by atoms with E-state index in [0.29, 0.717) is 0 Å². The van der Waals surface area contributed by atoms with E-state index in [9.17, 15) is 0 Å². The predicted molar refractivity (Wildman–Crippen MR) is 45.4 cm³/mol. The van der Waals surface area contributed by atoms with Crippen LogP contribution in [-0.4, -0.2) is 0 Å². The Balaban J connectivity index is 2.26. The van der Waals surface area contributed by atoms with Gasteiger partial charge in [0, 0.05) is 0 Å². The van der Waals surface area contributed by atoms with Crippen LogP contribution in [0.5, 0.6) is 0 Å². The van der Waals surface area contributed by atoms with E-state index in [1.54, 1.807) is 5.92 Å². The summed E-state index contributed by atoms with van der Waals surface area (Å²) in [5.74, 6) is 3.38. The van der Waals surface area contributed by atoms with Crippen LogP contribution in [0.4, 0.5) is 0 Å². The Bertz CT molecular complexity index is 86.2. The Morgan fingerprint density at radius 3 is 2.40 bits per heavy atom. The molecule has 0 aromatic heterocycles. The molecular weight excluding hydrogens is 120 g/mol. The maximum Gasteiger partial charge on any atom is -0.0272 e. The summed E-state index contributed by atoms with van der Waals surface area (Å²) in [4.78, 5) is 0. The van der Waals surface area contributed by atoms with Gasteiger partial charge in [0.15, 0.2) is 0 Å². The monoisotopic (exact) mass is 138 g/mol. The molecule has 0 N–H and O–H groups in total. The van der Waals surface area contributed by atoms with Crippen molar-refractivity contribution in [3.05, 3.63) is 12.3 Å². The Kier molecular flexibility index (Phi) is 2.76. The average Bonchev–Trinajstić information content (AvgIpc) is 1.88. The highest BCUT2D eigenvalue weighted by atomic mass is 14.3. The lowest BCUT2D eigenvalue weighted by Crippen LogP contribution is -2.16. The minimum Gasteiger partial charge on any atom is -0.0622 e. The quantitative estimate of drug-likeness (QED) is 0.522. The molecule has 1 aliphatic carbocycles. The fraction of sp³-hybridized carbons (Fsp3) is 0.800. The first-order valence-corrected chi connectivity index (χ1v) is 4.33. The van der Waals surface area contributed by atoms with Gasteiger partial charge in [0.05, 0.1) is 0 Å². The Hall–Kier alpha value is 0. The van der Waals surface area contributed by atoms with Crippen LogP contribution in [0, 0.1) is 24.2 Å². The molecule has 0 heterocycles. The van der Waals surface area contributed by atoms with Crippen LogP contribution in [-0.2, 0) is 0 Å². The second kappa shape index (κ2) is 3.41. The normalized spacial score (nSPS) is 34.8. The van der Waals surface area contributed by atoms with Gasteiger partial charge in [-0.2, -0.15) is 0 Å². The van der Waals surface area contributed by atoms with Crippen molar-refractivity contribution >= 4 is 0 Å². The molecule has 0 nitrogen and oxygen atoms in total. The topological polar surface area (TPSA) is 0 Å². The van der Waals surface area contributed by atoms with Gasteiger partial charge >= 0.3 is 0 Å². The minimum atomic E-state index is 0.871.